The lowest BCUT2D eigenvalue weighted by Gasteiger charge is -2.32. The lowest BCUT2D eigenvalue weighted by molar-refractivity contribution is -0.139. The third kappa shape index (κ3) is 6.67. The van der Waals surface area contributed by atoms with E-state index in [-0.39, 0.29) is 18.3 Å². The van der Waals surface area contributed by atoms with E-state index in [0.29, 0.717) is 14.9 Å². The maximum Gasteiger partial charge on any atom is 0.244 e. The molecule has 2 amide bonds. The maximum atomic E-state index is 14.3. The molecule has 10 heteroatoms. The minimum atomic E-state index is -4.00. The van der Waals surface area contributed by atoms with Crippen molar-refractivity contribution in [1.29, 1.82) is 0 Å². The van der Waals surface area contributed by atoms with E-state index in [9.17, 15) is 22.4 Å². The van der Waals surface area contributed by atoms with Crippen LogP contribution < -0.4 is 9.62 Å². The summed E-state index contributed by atoms with van der Waals surface area (Å²) in [5.74, 6) is -1.86. The van der Waals surface area contributed by atoms with E-state index < -0.39 is 40.2 Å². The van der Waals surface area contributed by atoms with Crippen molar-refractivity contribution >= 4 is 39.1 Å². The summed E-state index contributed by atoms with van der Waals surface area (Å²) in [5.41, 5.74) is 0.337. The SMILES string of the molecule is CC(C)NC(=O)[C@@H](C)N(Cc1ccccc1Cl)C(=O)CN(c1ccccc1F)S(C)(=O)=O. The molecule has 0 bridgehead atoms. The fourth-order valence-electron chi connectivity index (χ4n) is 3.05. The number of para-hydroxylation sites is 1. The molecule has 32 heavy (non-hydrogen) atoms. The summed E-state index contributed by atoms with van der Waals surface area (Å²) in [7, 11) is -4.00. The molecule has 0 radical (unpaired) electrons. The smallest absolute Gasteiger partial charge is 0.244 e. The molecule has 2 aromatic carbocycles. The molecule has 2 rings (SSSR count). The minimum Gasteiger partial charge on any atom is -0.352 e. The van der Waals surface area contributed by atoms with Gasteiger partial charge in [0.05, 0.1) is 11.9 Å². The Morgan fingerprint density at radius 2 is 1.66 bits per heavy atom. The zero-order valence-corrected chi connectivity index (χ0v) is 20.0. The second-order valence-corrected chi connectivity index (χ2v) is 9.99. The highest BCUT2D eigenvalue weighted by atomic mass is 35.5. The summed E-state index contributed by atoms with van der Waals surface area (Å²) in [4.78, 5) is 27.2. The van der Waals surface area contributed by atoms with Crippen molar-refractivity contribution in [2.24, 2.45) is 0 Å². The van der Waals surface area contributed by atoms with Gasteiger partial charge in [-0.1, -0.05) is 41.9 Å². The predicted molar refractivity (Wildman–Crippen MR) is 123 cm³/mol. The van der Waals surface area contributed by atoms with Gasteiger partial charge in [0.15, 0.2) is 0 Å². The van der Waals surface area contributed by atoms with Crippen LogP contribution in [0.1, 0.15) is 26.3 Å². The van der Waals surface area contributed by atoms with Crippen molar-refractivity contribution < 1.29 is 22.4 Å². The zero-order chi connectivity index (χ0) is 24.1. The third-order valence-corrected chi connectivity index (χ3v) is 6.19. The van der Waals surface area contributed by atoms with E-state index in [1.54, 1.807) is 45.0 Å². The van der Waals surface area contributed by atoms with Crippen LogP contribution in [0, 0.1) is 5.82 Å². The molecule has 0 saturated carbocycles. The first kappa shape index (κ1) is 25.6. The van der Waals surface area contributed by atoms with E-state index >= 15 is 0 Å². The number of rotatable bonds is 9. The highest BCUT2D eigenvalue weighted by Crippen LogP contribution is 2.23. The third-order valence-electron chi connectivity index (χ3n) is 4.70. The van der Waals surface area contributed by atoms with Crippen LogP contribution in [0.3, 0.4) is 0 Å². The largest absolute Gasteiger partial charge is 0.352 e. The lowest BCUT2D eigenvalue weighted by atomic mass is 10.1. The van der Waals surface area contributed by atoms with E-state index in [1.807, 2.05) is 0 Å². The number of benzene rings is 2. The molecule has 0 spiro atoms. The molecule has 0 aromatic heterocycles. The summed E-state index contributed by atoms with van der Waals surface area (Å²) in [6.07, 6.45) is 0.889. The number of hydrogen-bond acceptors (Lipinski definition) is 4. The first-order valence-corrected chi connectivity index (χ1v) is 12.2. The number of carbonyl (C=O) groups is 2. The molecule has 1 N–H and O–H groups in total. The quantitative estimate of drug-likeness (QED) is 0.593. The molecule has 0 aliphatic heterocycles. The second-order valence-electron chi connectivity index (χ2n) is 7.67. The number of halogens is 2. The van der Waals surface area contributed by atoms with Gasteiger partial charge in [0.2, 0.25) is 21.8 Å². The monoisotopic (exact) mass is 483 g/mol. The number of carbonyl (C=O) groups excluding carboxylic acids is 2. The van der Waals surface area contributed by atoms with Crippen molar-refractivity contribution in [3.8, 4) is 0 Å². The summed E-state index contributed by atoms with van der Waals surface area (Å²) in [6, 6.07) is 11.0. The average molecular weight is 484 g/mol. The van der Waals surface area contributed by atoms with E-state index in [0.717, 1.165) is 12.3 Å². The number of nitrogens with one attached hydrogen (secondary N) is 1. The first-order valence-electron chi connectivity index (χ1n) is 9.97. The topological polar surface area (TPSA) is 86.8 Å². The Kier molecular flexibility index (Phi) is 8.63. The molecule has 0 heterocycles. The fourth-order valence-corrected chi connectivity index (χ4v) is 4.09. The van der Waals surface area contributed by atoms with E-state index in [1.165, 1.54) is 23.1 Å². The van der Waals surface area contributed by atoms with Gasteiger partial charge in [0.25, 0.3) is 0 Å². The van der Waals surface area contributed by atoms with Crippen LogP contribution >= 0.6 is 11.6 Å². The van der Waals surface area contributed by atoms with Crippen molar-refractivity contribution in [2.75, 3.05) is 17.1 Å². The lowest BCUT2D eigenvalue weighted by Crippen LogP contribution is -2.52. The molecule has 2 aromatic rings. The Morgan fingerprint density at radius 1 is 1.06 bits per heavy atom. The molecule has 0 unspecified atom stereocenters. The molecular formula is C22H27ClFN3O4S. The number of amides is 2. The number of nitrogens with zero attached hydrogens (tertiary/aromatic N) is 2. The number of sulfonamides is 1. The van der Waals surface area contributed by atoms with E-state index in [4.69, 9.17) is 11.6 Å². The van der Waals surface area contributed by atoms with Crippen molar-refractivity contribution in [3.63, 3.8) is 0 Å². The summed E-state index contributed by atoms with van der Waals surface area (Å²) in [6.45, 7) is 4.41. The zero-order valence-electron chi connectivity index (χ0n) is 18.4. The summed E-state index contributed by atoms with van der Waals surface area (Å²) >= 11 is 6.24. The van der Waals surface area contributed by atoms with Crippen molar-refractivity contribution in [1.82, 2.24) is 10.2 Å². The number of anilines is 1. The Balaban J connectivity index is 2.42. The molecular weight excluding hydrogens is 457 g/mol. The van der Waals surface area contributed by atoms with Gasteiger partial charge in [-0.25, -0.2) is 12.8 Å². The van der Waals surface area contributed by atoms with Crippen LogP contribution in [0.15, 0.2) is 48.5 Å². The standard InChI is InChI=1S/C22H27ClFN3O4S/c1-15(2)25-22(29)16(3)26(13-17-9-5-6-10-18(17)23)21(28)14-27(32(4,30)31)20-12-8-7-11-19(20)24/h5-12,15-16H,13-14H2,1-4H3,(H,25,29)/t16-/m1/s1. The van der Waals surface area contributed by atoms with Gasteiger partial charge in [0, 0.05) is 17.6 Å². The molecule has 0 fully saturated rings. The molecule has 0 aliphatic carbocycles. The molecule has 174 valence electrons. The average Bonchev–Trinajstić information content (AvgIpc) is 2.70. The second kappa shape index (κ2) is 10.8. The van der Waals surface area contributed by atoms with Gasteiger partial charge in [-0.2, -0.15) is 0 Å². The Labute approximate surface area is 193 Å². The maximum absolute atomic E-state index is 14.3. The summed E-state index contributed by atoms with van der Waals surface area (Å²) in [5, 5.41) is 3.14. The Bertz CT molecular complexity index is 1080. The van der Waals surface area contributed by atoms with Crippen LogP contribution in [-0.2, 0) is 26.2 Å². The van der Waals surface area contributed by atoms with E-state index in [2.05, 4.69) is 5.32 Å². The van der Waals surface area contributed by atoms with Gasteiger partial charge < -0.3 is 10.2 Å². The van der Waals surface area contributed by atoms with Crippen LogP contribution in [0.4, 0.5) is 10.1 Å². The normalized spacial score (nSPS) is 12.3. The minimum absolute atomic E-state index is 0.0277. The van der Waals surface area contributed by atoms with Gasteiger partial charge in [-0.15, -0.1) is 0 Å². The van der Waals surface area contributed by atoms with Crippen molar-refractivity contribution in [2.45, 2.75) is 39.4 Å². The molecule has 0 aliphatic rings. The molecule has 7 nitrogen and oxygen atoms in total. The van der Waals surface area contributed by atoms with Crippen LogP contribution in [0.5, 0.6) is 0 Å². The van der Waals surface area contributed by atoms with Gasteiger partial charge in [-0.3, -0.25) is 13.9 Å². The first-order chi connectivity index (χ1) is 14.9. The molecule has 0 saturated heterocycles. The highest BCUT2D eigenvalue weighted by Gasteiger charge is 2.31. The van der Waals surface area contributed by atoms with Gasteiger partial charge >= 0.3 is 0 Å². The number of hydrogen-bond donors (Lipinski definition) is 1. The molecule has 1 atom stereocenters. The van der Waals surface area contributed by atoms with Crippen LogP contribution in [0.2, 0.25) is 5.02 Å². The van der Waals surface area contributed by atoms with Crippen molar-refractivity contribution in [3.05, 3.63) is 64.9 Å². The van der Waals surface area contributed by atoms with Crippen LogP contribution in [0.25, 0.3) is 0 Å². The van der Waals surface area contributed by atoms with Crippen LogP contribution in [-0.4, -0.2) is 50.0 Å². The summed E-state index contributed by atoms with van der Waals surface area (Å²) < 4.78 is 39.8. The van der Waals surface area contributed by atoms with Gasteiger partial charge in [-0.05, 0) is 44.5 Å². The van der Waals surface area contributed by atoms with Gasteiger partial charge in [0.1, 0.15) is 18.4 Å². The highest BCUT2D eigenvalue weighted by molar-refractivity contribution is 7.92. The Hall–Kier alpha value is -2.65. The Morgan fingerprint density at radius 3 is 2.22 bits per heavy atom. The fraction of sp³-hybridized carbons (Fsp3) is 0.364. The predicted octanol–water partition coefficient (Wildman–Crippen LogP) is 3.19.